The standard InChI is InChI=1S/C13H14O2/c1-11-4-2-3-5-12(11)6-7-13-10-14-8-9-15-13/h2-5,13H,8-10H2,1H3. The fourth-order valence-electron chi connectivity index (χ4n) is 1.44. The molecule has 1 heterocycles. The van der Waals surface area contributed by atoms with Gasteiger partial charge in [-0.1, -0.05) is 30.0 Å². The van der Waals surface area contributed by atoms with E-state index in [0.717, 1.165) is 5.56 Å². The molecule has 2 nitrogen and oxygen atoms in total. The molecule has 15 heavy (non-hydrogen) atoms. The van der Waals surface area contributed by atoms with Crippen LogP contribution in [0.1, 0.15) is 11.1 Å². The van der Waals surface area contributed by atoms with Crippen LogP contribution in [0.15, 0.2) is 24.3 Å². The molecular formula is C13H14O2. The van der Waals surface area contributed by atoms with Gasteiger partial charge in [-0.25, -0.2) is 0 Å². The smallest absolute Gasteiger partial charge is 0.141 e. The summed E-state index contributed by atoms with van der Waals surface area (Å²) >= 11 is 0. The first-order chi connectivity index (χ1) is 7.36. The maximum absolute atomic E-state index is 5.44. The Morgan fingerprint density at radius 3 is 2.87 bits per heavy atom. The highest BCUT2D eigenvalue weighted by atomic mass is 16.6. The normalized spacial score (nSPS) is 20.5. The molecule has 0 aliphatic carbocycles. The van der Waals surface area contributed by atoms with Crippen molar-refractivity contribution in [2.24, 2.45) is 0 Å². The van der Waals surface area contributed by atoms with Crippen molar-refractivity contribution in [2.75, 3.05) is 19.8 Å². The maximum atomic E-state index is 5.44. The van der Waals surface area contributed by atoms with E-state index in [0.29, 0.717) is 19.8 Å². The van der Waals surface area contributed by atoms with Crippen LogP contribution in [-0.4, -0.2) is 25.9 Å². The van der Waals surface area contributed by atoms with Crippen LogP contribution < -0.4 is 0 Å². The Balaban J connectivity index is 2.07. The van der Waals surface area contributed by atoms with Crippen LogP contribution in [0.25, 0.3) is 0 Å². The molecule has 1 unspecified atom stereocenters. The van der Waals surface area contributed by atoms with E-state index in [1.54, 1.807) is 0 Å². The maximum Gasteiger partial charge on any atom is 0.141 e. The van der Waals surface area contributed by atoms with E-state index in [2.05, 4.69) is 24.8 Å². The summed E-state index contributed by atoms with van der Waals surface area (Å²) in [6.07, 6.45) is -0.0710. The minimum atomic E-state index is -0.0710. The van der Waals surface area contributed by atoms with Crippen LogP contribution in [0.2, 0.25) is 0 Å². The van der Waals surface area contributed by atoms with Gasteiger partial charge >= 0.3 is 0 Å². The third-order valence-electron chi connectivity index (χ3n) is 2.33. The van der Waals surface area contributed by atoms with Crippen LogP contribution in [0, 0.1) is 18.8 Å². The average molecular weight is 202 g/mol. The first-order valence-corrected chi connectivity index (χ1v) is 5.13. The van der Waals surface area contributed by atoms with Crippen LogP contribution in [0.5, 0.6) is 0 Å². The number of ether oxygens (including phenoxy) is 2. The van der Waals surface area contributed by atoms with E-state index >= 15 is 0 Å². The van der Waals surface area contributed by atoms with Crippen molar-refractivity contribution >= 4 is 0 Å². The van der Waals surface area contributed by atoms with E-state index in [1.165, 1.54) is 5.56 Å². The zero-order valence-electron chi connectivity index (χ0n) is 8.82. The van der Waals surface area contributed by atoms with Crippen molar-refractivity contribution in [3.8, 4) is 11.8 Å². The van der Waals surface area contributed by atoms with Gasteiger partial charge in [-0.05, 0) is 18.6 Å². The molecule has 0 radical (unpaired) electrons. The predicted molar refractivity (Wildman–Crippen MR) is 58.6 cm³/mol. The molecule has 0 amide bonds. The monoisotopic (exact) mass is 202 g/mol. The van der Waals surface area contributed by atoms with Crippen molar-refractivity contribution in [3.05, 3.63) is 35.4 Å². The zero-order chi connectivity index (χ0) is 10.5. The number of benzene rings is 1. The Morgan fingerprint density at radius 1 is 1.27 bits per heavy atom. The van der Waals surface area contributed by atoms with Crippen molar-refractivity contribution in [3.63, 3.8) is 0 Å². The Labute approximate surface area is 90.2 Å². The summed E-state index contributed by atoms with van der Waals surface area (Å²) in [6, 6.07) is 8.09. The van der Waals surface area contributed by atoms with E-state index in [1.807, 2.05) is 18.2 Å². The number of hydrogen-bond acceptors (Lipinski definition) is 2. The average Bonchev–Trinajstić information content (AvgIpc) is 2.29. The van der Waals surface area contributed by atoms with Gasteiger partial charge in [0.1, 0.15) is 6.10 Å². The Kier molecular flexibility index (Phi) is 3.39. The minimum Gasteiger partial charge on any atom is -0.375 e. The van der Waals surface area contributed by atoms with Gasteiger partial charge in [-0.3, -0.25) is 0 Å². The third kappa shape index (κ3) is 2.82. The molecule has 1 aromatic carbocycles. The van der Waals surface area contributed by atoms with Crippen LogP contribution in [0.4, 0.5) is 0 Å². The van der Waals surface area contributed by atoms with Gasteiger partial charge in [0.25, 0.3) is 0 Å². The predicted octanol–water partition coefficient (Wildman–Crippen LogP) is 1.76. The van der Waals surface area contributed by atoms with Crippen molar-refractivity contribution in [1.82, 2.24) is 0 Å². The van der Waals surface area contributed by atoms with Crippen LogP contribution in [0.3, 0.4) is 0 Å². The third-order valence-corrected chi connectivity index (χ3v) is 2.33. The Morgan fingerprint density at radius 2 is 2.13 bits per heavy atom. The largest absolute Gasteiger partial charge is 0.375 e. The molecular weight excluding hydrogens is 188 g/mol. The van der Waals surface area contributed by atoms with Gasteiger partial charge in [0.15, 0.2) is 0 Å². The van der Waals surface area contributed by atoms with E-state index < -0.39 is 0 Å². The summed E-state index contributed by atoms with van der Waals surface area (Å²) in [5.41, 5.74) is 2.26. The molecule has 0 spiro atoms. The summed E-state index contributed by atoms with van der Waals surface area (Å²) in [4.78, 5) is 0. The molecule has 1 aromatic rings. The summed E-state index contributed by atoms with van der Waals surface area (Å²) < 4.78 is 10.7. The first-order valence-electron chi connectivity index (χ1n) is 5.13. The lowest BCUT2D eigenvalue weighted by Gasteiger charge is -2.17. The lowest BCUT2D eigenvalue weighted by Crippen LogP contribution is -2.27. The molecule has 1 aliphatic heterocycles. The summed E-state index contributed by atoms with van der Waals surface area (Å²) in [5, 5.41) is 0. The Hall–Kier alpha value is -1.30. The van der Waals surface area contributed by atoms with Crippen molar-refractivity contribution < 1.29 is 9.47 Å². The van der Waals surface area contributed by atoms with Gasteiger partial charge in [-0.2, -0.15) is 0 Å². The fraction of sp³-hybridized carbons (Fsp3) is 0.385. The number of aryl methyl sites for hydroxylation is 1. The Bertz CT molecular complexity index is 381. The molecule has 0 N–H and O–H groups in total. The van der Waals surface area contributed by atoms with E-state index in [9.17, 15) is 0 Å². The molecule has 1 saturated heterocycles. The highest BCUT2D eigenvalue weighted by molar-refractivity contribution is 5.40. The van der Waals surface area contributed by atoms with Crippen molar-refractivity contribution in [2.45, 2.75) is 13.0 Å². The number of hydrogen-bond donors (Lipinski definition) is 0. The lowest BCUT2D eigenvalue weighted by atomic mass is 10.1. The van der Waals surface area contributed by atoms with E-state index in [4.69, 9.17) is 9.47 Å². The second-order valence-electron chi connectivity index (χ2n) is 3.52. The highest BCUT2D eigenvalue weighted by Gasteiger charge is 2.10. The molecule has 2 heteroatoms. The lowest BCUT2D eigenvalue weighted by molar-refractivity contribution is -0.0635. The summed E-state index contributed by atoms with van der Waals surface area (Å²) in [6.45, 7) is 3.97. The van der Waals surface area contributed by atoms with Gasteiger partial charge in [0.05, 0.1) is 19.8 Å². The van der Waals surface area contributed by atoms with Crippen LogP contribution in [-0.2, 0) is 9.47 Å². The van der Waals surface area contributed by atoms with Gasteiger partial charge in [0, 0.05) is 5.56 Å². The number of rotatable bonds is 0. The topological polar surface area (TPSA) is 18.5 Å². The fourth-order valence-corrected chi connectivity index (χ4v) is 1.44. The molecule has 0 bridgehead atoms. The second kappa shape index (κ2) is 4.97. The van der Waals surface area contributed by atoms with Crippen LogP contribution >= 0.6 is 0 Å². The molecule has 1 fully saturated rings. The second-order valence-corrected chi connectivity index (χ2v) is 3.52. The molecule has 0 aromatic heterocycles. The van der Waals surface area contributed by atoms with Gasteiger partial charge < -0.3 is 9.47 Å². The molecule has 2 rings (SSSR count). The SMILES string of the molecule is Cc1ccccc1C#CC1COCCO1. The molecule has 1 aliphatic rings. The molecule has 1 atom stereocenters. The summed E-state index contributed by atoms with van der Waals surface area (Å²) in [5.74, 6) is 6.21. The van der Waals surface area contributed by atoms with E-state index in [-0.39, 0.29) is 6.10 Å². The molecule has 0 saturated carbocycles. The van der Waals surface area contributed by atoms with Gasteiger partial charge in [0.2, 0.25) is 0 Å². The zero-order valence-corrected chi connectivity index (χ0v) is 8.82. The summed E-state index contributed by atoms with van der Waals surface area (Å²) in [7, 11) is 0. The highest BCUT2D eigenvalue weighted by Crippen LogP contribution is 2.05. The van der Waals surface area contributed by atoms with Crippen molar-refractivity contribution in [1.29, 1.82) is 0 Å². The minimum absolute atomic E-state index is 0.0710. The molecule has 78 valence electrons. The quantitative estimate of drug-likeness (QED) is 0.597. The first kappa shape index (κ1) is 10.2. The van der Waals surface area contributed by atoms with Gasteiger partial charge in [-0.15, -0.1) is 0 Å².